The molecule has 96 valence electrons. The summed E-state index contributed by atoms with van der Waals surface area (Å²) in [6.45, 7) is 6.10. The molecule has 0 radical (unpaired) electrons. The Morgan fingerprint density at radius 1 is 1.19 bits per heavy atom. The van der Waals surface area contributed by atoms with E-state index in [2.05, 4.69) is 13.8 Å². The maximum atomic E-state index is 6.42. The first-order chi connectivity index (χ1) is 7.77. The SMILES string of the molecule is CCCC1CCC(Cl)C(CCCOCC)C1. The van der Waals surface area contributed by atoms with E-state index in [1.165, 1.54) is 44.9 Å². The zero-order chi connectivity index (χ0) is 11.8. The Bertz CT molecular complexity index is 172. The topological polar surface area (TPSA) is 9.23 Å². The molecule has 3 unspecified atom stereocenters. The van der Waals surface area contributed by atoms with Crippen molar-refractivity contribution in [1.29, 1.82) is 0 Å². The average Bonchev–Trinajstić information content (AvgIpc) is 2.29. The van der Waals surface area contributed by atoms with Crippen LogP contribution in [-0.2, 0) is 4.74 Å². The lowest BCUT2D eigenvalue weighted by Crippen LogP contribution is -2.25. The van der Waals surface area contributed by atoms with E-state index in [4.69, 9.17) is 16.3 Å². The minimum atomic E-state index is 0.426. The fraction of sp³-hybridized carbons (Fsp3) is 1.00. The van der Waals surface area contributed by atoms with Gasteiger partial charge in [-0.25, -0.2) is 0 Å². The Morgan fingerprint density at radius 3 is 2.69 bits per heavy atom. The second-order valence-corrected chi connectivity index (χ2v) is 5.64. The third-order valence-corrected chi connectivity index (χ3v) is 4.34. The number of hydrogen-bond acceptors (Lipinski definition) is 1. The van der Waals surface area contributed by atoms with Crippen molar-refractivity contribution in [1.82, 2.24) is 0 Å². The number of ether oxygens (including phenoxy) is 1. The van der Waals surface area contributed by atoms with Crippen molar-refractivity contribution in [3.63, 3.8) is 0 Å². The standard InChI is InChI=1S/C14H27ClO/c1-3-6-12-8-9-14(15)13(11-12)7-5-10-16-4-2/h12-14H,3-11H2,1-2H3. The molecule has 1 aliphatic rings. The summed E-state index contributed by atoms with van der Waals surface area (Å²) in [6.07, 6.45) is 9.09. The van der Waals surface area contributed by atoms with Gasteiger partial charge in [-0.15, -0.1) is 11.6 Å². The molecule has 0 bridgehead atoms. The van der Waals surface area contributed by atoms with Crippen molar-refractivity contribution in [3.8, 4) is 0 Å². The summed E-state index contributed by atoms with van der Waals surface area (Å²) in [6, 6.07) is 0. The van der Waals surface area contributed by atoms with E-state index in [9.17, 15) is 0 Å². The van der Waals surface area contributed by atoms with Crippen LogP contribution in [0.25, 0.3) is 0 Å². The highest BCUT2D eigenvalue weighted by atomic mass is 35.5. The molecule has 1 nitrogen and oxygen atoms in total. The molecule has 3 atom stereocenters. The van der Waals surface area contributed by atoms with E-state index in [1.807, 2.05) is 0 Å². The Balaban J connectivity index is 2.21. The summed E-state index contributed by atoms with van der Waals surface area (Å²) in [7, 11) is 0. The Kier molecular flexibility index (Phi) is 7.47. The molecule has 1 fully saturated rings. The molecule has 0 spiro atoms. The quantitative estimate of drug-likeness (QED) is 0.470. The molecular formula is C14H27ClO. The molecule has 1 aliphatic carbocycles. The highest BCUT2D eigenvalue weighted by Crippen LogP contribution is 2.37. The first kappa shape index (κ1) is 14.3. The second kappa shape index (κ2) is 8.36. The van der Waals surface area contributed by atoms with Crippen LogP contribution in [-0.4, -0.2) is 18.6 Å². The molecule has 0 amide bonds. The summed E-state index contributed by atoms with van der Waals surface area (Å²) in [5.41, 5.74) is 0. The van der Waals surface area contributed by atoms with Gasteiger partial charge in [0.15, 0.2) is 0 Å². The maximum Gasteiger partial charge on any atom is 0.0466 e. The van der Waals surface area contributed by atoms with Gasteiger partial charge in [0.1, 0.15) is 0 Å². The molecule has 0 aromatic carbocycles. The van der Waals surface area contributed by atoms with Crippen molar-refractivity contribution in [2.45, 2.75) is 64.2 Å². The molecule has 0 saturated heterocycles. The average molecular weight is 247 g/mol. The summed E-state index contributed by atoms with van der Waals surface area (Å²) >= 11 is 6.42. The zero-order valence-electron chi connectivity index (χ0n) is 10.9. The van der Waals surface area contributed by atoms with Crippen molar-refractivity contribution in [2.75, 3.05) is 13.2 Å². The van der Waals surface area contributed by atoms with Crippen molar-refractivity contribution < 1.29 is 4.74 Å². The van der Waals surface area contributed by atoms with Gasteiger partial charge in [0.2, 0.25) is 0 Å². The minimum absolute atomic E-state index is 0.426. The van der Waals surface area contributed by atoms with Gasteiger partial charge in [-0.2, -0.15) is 0 Å². The van der Waals surface area contributed by atoms with Gasteiger partial charge in [-0.3, -0.25) is 0 Å². The lowest BCUT2D eigenvalue weighted by atomic mass is 9.77. The van der Waals surface area contributed by atoms with Gasteiger partial charge >= 0.3 is 0 Å². The predicted molar refractivity (Wildman–Crippen MR) is 71.1 cm³/mol. The normalized spacial score (nSPS) is 30.6. The van der Waals surface area contributed by atoms with Gasteiger partial charge in [0, 0.05) is 18.6 Å². The van der Waals surface area contributed by atoms with Crippen LogP contribution >= 0.6 is 11.6 Å². The lowest BCUT2D eigenvalue weighted by molar-refractivity contribution is 0.133. The Labute approximate surface area is 106 Å². The fourth-order valence-corrected chi connectivity index (χ4v) is 3.24. The van der Waals surface area contributed by atoms with Gasteiger partial charge < -0.3 is 4.74 Å². The number of hydrogen-bond donors (Lipinski definition) is 0. The first-order valence-corrected chi connectivity index (χ1v) is 7.43. The lowest BCUT2D eigenvalue weighted by Gasteiger charge is -2.33. The second-order valence-electron chi connectivity index (χ2n) is 5.08. The molecule has 2 heteroatoms. The molecule has 16 heavy (non-hydrogen) atoms. The number of halogens is 1. The molecule has 1 rings (SSSR count). The van der Waals surface area contributed by atoms with E-state index in [-0.39, 0.29) is 0 Å². The molecule has 0 heterocycles. The van der Waals surface area contributed by atoms with Crippen LogP contribution in [0.15, 0.2) is 0 Å². The molecular weight excluding hydrogens is 220 g/mol. The third kappa shape index (κ3) is 5.05. The summed E-state index contributed by atoms with van der Waals surface area (Å²) in [5, 5.41) is 0.426. The summed E-state index contributed by atoms with van der Waals surface area (Å²) < 4.78 is 5.39. The van der Waals surface area contributed by atoms with Gasteiger partial charge in [-0.1, -0.05) is 19.8 Å². The number of alkyl halides is 1. The van der Waals surface area contributed by atoms with E-state index in [0.717, 1.165) is 25.0 Å². The van der Waals surface area contributed by atoms with E-state index in [0.29, 0.717) is 5.38 Å². The van der Waals surface area contributed by atoms with Crippen molar-refractivity contribution in [2.24, 2.45) is 11.8 Å². The van der Waals surface area contributed by atoms with Gasteiger partial charge in [0.05, 0.1) is 0 Å². The smallest absolute Gasteiger partial charge is 0.0466 e. The zero-order valence-corrected chi connectivity index (χ0v) is 11.6. The summed E-state index contributed by atoms with van der Waals surface area (Å²) in [4.78, 5) is 0. The van der Waals surface area contributed by atoms with Crippen LogP contribution < -0.4 is 0 Å². The van der Waals surface area contributed by atoms with Crippen LogP contribution in [0.5, 0.6) is 0 Å². The van der Waals surface area contributed by atoms with E-state index >= 15 is 0 Å². The molecule has 0 aromatic heterocycles. The van der Waals surface area contributed by atoms with Crippen molar-refractivity contribution in [3.05, 3.63) is 0 Å². The number of rotatable bonds is 7. The van der Waals surface area contributed by atoms with Gasteiger partial charge in [0.25, 0.3) is 0 Å². The highest BCUT2D eigenvalue weighted by Gasteiger charge is 2.28. The fourth-order valence-electron chi connectivity index (χ4n) is 2.89. The van der Waals surface area contributed by atoms with E-state index in [1.54, 1.807) is 0 Å². The molecule has 1 saturated carbocycles. The van der Waals surface area contributed by atoms with E-state index < -0.39 is 0 Å². The van der Waals surface area contributed by atoms with Crippen LogP contribution in [0, 0.1) is 11.8 Å². The third-order valence-electron chi connectivity index (χ3n) is 3.76. The van der Waals surface area contributed by atoms with Crippen LogP contribution in [0.3, 0.4) is 0 Å². The Hall–Kier alpha value is 0.250. The molecule has 0 N–H and O–H groups in total. The highest BCUT2D eigenvalue weighted by molar-refractivity contribution is 6.20. The van der Waals surface area contributed by atoms with Crippen LogP contribution in [0.1, 0.15) is 58.8 Å². The molecule has 0 aliphatic heterocycles. The van der Waals surface area contributed by atoms with Crippen LogP contribution in [0.2, 0.25) is 0 Å². The monoisotopic (exact) mass is 246 g/mol. The van der Waals surface area contributed by atoms with Crippen LogP contribution in [0.4, 0.5) is 0 Å². The first-order valence-electron chi connectivity index (χ1n) is 6.99. The van der Waals surface area contributed by atoms with Crippen molar-refractivity contribution >= 4 is 11.6 Å². The predicted octanol–water partition coefficient (Wildman–Crippen LogP) is 4.63. The largest absolute Gasteiger partial charge is 0.382 e. The minimum Gasteiger partial charge on any atom is -0.382 e. The maximum absolute atomic E-state index is 6.42. The van der Waals surface area contributed by atoms with Gasteiger partial charge in [-0.05, 0) is 50.9 Å². The molecule has 0 aromatic rings. The Morgan fingerprint density at radius 2 is 2.00 bits per heavy atom. The summed E-state index contributed by atoms with van der Waals surface area (Å²) in [5.74, 6) is 1.68.